The smallest absolute Gasteiger partial charge is 0.256 e. The Labute approximate surface area is 199 Å². The van der Waals surface area contributed by atoms with E-state index in [1.54, 1.807) is 36.4 Å². The molecule has 10 nitrogen and oxygen atoms in total. The maximum atomic E-state index is 12.9. The molecule has 0 spiro atoms. The number of pyridine rings is 1. The van der Waals surface area contributed by atoms with E-state index in [2.05, 4.69) is 26.6 Å². The fourth-order valence-electron chi connectivity index (χ4n) is 3.56. The molecule has 4 rings (SSSR count). The molecule has 3 aromatic heterocycles. The van der Waals surface area contributed by atoms with Gasteiger partial charge in [-0.25, -0.2) is 4.98 Å². The van der Waals surface area contributed by atoms with Gasteiger partial charge >= 0.3 is 0 Å². The summed E-state index contributed by atoms with van der Waals surface area (Å²) in [5, 5.41) is 31.2. The van der Waals surface area contributed by atoms with Gasteiger partial charge in [-0.2, -0.15) is 10.4 Å². The lowest BCUT2D eigenvalue weighted by atomic mass is 10.1. The Kier molecular flexibility index (Phi) is 6.58. The van der Waals surface area contributed by atoms with Crippen LogP contribution < -0.4 is 15.8 Å². The first-order valence-electron chi connectivity index (χ1n) is 10.2. The number of carbonyl (C=O) groups is 1. The molecule has 4 aromatic rings. The maximum Gasteiger partial charge on any atom is 0.256 e. The first kappa shape index (κ1) is 23.0. The number of benzene rings is 1. The molecule has 0 aliphatic rings. The van der Waals surface area contributed by atoms with Crippen molar-refractivity contribution in [2.45, 2.75) is 12.5 Å². The lowest BCUT2D eigenvalue weighted by Crippen LogP contribution is -2.26. The Hall–Kier alpha value is -4.20. The number of rotatable bonds is 7. The molecule has 1 amide bonds. The first-order valence-corrected chi connectivity index (χ1v) is 10.6. The number of hydrogen-bond donors (Lipinski definition) is 3. The largest absolute Gasteiger partial charge is 0.480 e. The summed E-state index contributed by atoms with van der Waals surface area (Å²) in [6.45, 7) is 0.210. The number of anilines is 1. The minimum atomic E-state index is -0.762. The minimum Gasteiger partial charge on any atom is -0.480 e. The van der Waals surface area contributed by atoms with Crippen LogP contribution in [-0.4, -0.2) is 44.3 Å². The van der Waals surface area contributed by atoms with E-state index in [4.69, 9.17) is 22.1 Å². The minimum absolute atomic E-state index is 0.126. The summed E-state index contributed by atoms with van der Waals surface area (Å²) in [4.78, 5) is 17.1. The van der Waals surface area contributed by atoms with Crippen LogP contribution >= 0.6 is 11.6 Å². The van der Waals surface area contributed by atoms with Gasteiger partial charge in [-0.3, -0.25) is 9.20 Å². The number of ether oxygens (including phenoxy) is 1. The van der Waals surface area contributed by atoms with Crippen molar-refractivity contribution in [2.24, 2.45) is 0 Å². The van der Waals surface area contributed by atoms with Gasteiger partial charge in [0.2, 0.25) is 5.88 Å². The van der Waals surface area contributed by atoms with Crippen LogP contribution in [0.1, 0.15) is 34.1 Å². The average molecular weight is 478 g/mol. The molecular formula is C23H20ClN7O3. The van der Waals surface area contributed by atoms with Gasteiger partial charge in [-0.1, -0.05) is 23.7 Å². The maximum absolute atomic E-state index is 12.9. The third-order valence-corrected chi connectivity index (χ3v) is 5.51. The molecule has 0 unspecified atom stereocenters. The van der Waals surface area contributed by atoms with Crippen molar-refractivity contribution in [1.29, 1.82) is 5.26 Å². The Morgan fingerprint density at radius 1 is 1.32 bits per heavy atom. The van der Waals surface area contributed by atoms with E-state index in [1.807, 2.05) is 0 Å². The summed E-state index contributed by atoms with van der Waals surface area (Å²) in [5.41, 5.74) is 8.48. The predicted molar refractivity (Wildman–Crippen MR) is 125 cm³/mol. The molecule has 0 fully saturated rings. The van der Waals surface area contributed by atoms with Gasteiger partial charge in [0.25, 0.3) is 5.91 Å². The van der Waals surface area contributed by atoms with Crippen LogP contribution in [0.15, 0.2) is 48.8 Å². The van der Waals surface area contributed by atoms with Crippen LogP contribution in [0.5, 0.6) is 5.88 Å². The van der Waals surface area contributed by atoms with Crippen LogP contribution in [-0.2, 0) is 0 Å². The highest BCUT2D eigenvalue weighted by Gasteiger charge is 2.20. The second kappa shape index (κ2) is 9.74. The number of amides is 1. The summed E-state index contributed by atoms with van der Waals surface area (Å²) in [6, 6.07) is 12.2. The first-order chi connectivity index (χ1) is 16.4. The molecule has 0 saturated carbocycles. The standard InChI is InChI=1S/C23H20ClN7O3/c1-34-23-17(22(33)27-7-6-19(32)13-2-4-15(24)5-3-13)8-14(11-28-23)16-9-21-30-29-12-20(26)31(21)18(16)10-25/h2-5,8-9,11-12,19,32H,6-7,26H2,1H3,(H,27,33)/t19-/m0/s1. The molecule has 1 atom stereocenters. The zero-order chi connectivity index (χ0) is 24.2. The molecule has 3 heterocycles. The number of aliphatic hydroxyl groups excluding tert-OH is 1. The topological polar surface area (TPSA) is 151 Å². The molecule has 1 aromatic carbocycles. The van der Waals surface area contributed by atoms with Crippen molar-refractivity contribution in [2.75, 3.05) is 19.4 Å². The van der Waals surface area contributed by atoms with E-state index in [9.17, 15) is 15.2 Å². The van der Waals surface area contributed by atoms with Crippen molar-refractivity contribution in [3.05, 3.63) is 70.6 Å². The van der Waals surface area contributed by atoms with Gasteiger partial charge in [-0.15, -0.1) is 5.10 Å². The monoisotopic (exact) mass is 477 g/mol. The molecule has 0 saturated heterocycles. The number of nitrogens with zero attached hydrogens (tertiary/aromatic N) is 5. The number of hydrogen-bond acceptors (Lipinski definition) is 8. The third-order valence-electron chi connectivity index (χ3n) is 5.25. The lowest BCUT2D eigenvalue weighted by Gasteiger charge is -2.13. The van der Waals surface area contributed by atoms with Gasteiger partial charge in [0.15, 0.2) is 5.65 Å². The normalized spacial score (nSPS) is 11.7. The predicted octanol–water partition coefficient (Wildman–Crippen LogP) is 2.76. The van der Waals surface area contributed by atoms with Crippen molar-refractivity contribution in [3.63, 3.8) is 0 Å². The van der Waals surface area contributed by atoms with Crippen molar-refractivity contribution < 1.29 is 14.6 Å². The molecular weight excluding hydrogens is 458 g/mol. The zero-order valence-corrected chi connectivity index (χ0v) is 18.8. The van der Waals surface area contributed by atoms with E-state index in [0.717, 1.165) is 0 Å². The summed E-state index contributed by atoms with van der Waals surface area (Å²) in [5.74, 6) is -0.0522. The average Bonchev–Trinajstić information content (AvgIpc) is 3.24. The highest BCUT2D eigenvalue weighted by Crippen LogP contribution is 2.30. The van der Waals surface area contributed by atoms with Crippen molar-refractivity contribution in [1.82, 2.24) is 24.9 Å². The van der Waals surface area contributed by atoms with Crippen LogP contribution in [0.4, 0.5) is 5.82 Å². The molecule has 34 heavy (non-hydrogen) atoms. The molecule has 11 heteroatoms. The summed E-state index contributed by atoms with van der Waals surface area (Å²) in [6.07, 6.45) is 2.38. The fourth-order valence-corrected chi connectivity index (χ4v) is 3.69. The van der Waals surface area contributed by atoms with Crippen LogP contribution in [0.25, 0.3) is 16.8 Å². The van der Waals surface area contributed by atoms with E-state index in [-0.39, 0.29) is 29.5 Å². The molecule has 0 bridgehead atoms. The van der Waals surface area contributed by atoms with Gasteiger partial charge < -0.3 is 20.9 Å². The molecule has 4 N–H and O–H groups in total. The van der Waals surface area contributed by atoms with E-state index >= 15 is 0 Å². The second-order valence-corrected chi connectivity index (χ2v) is 7.81. The highest BCUT2D eigenvalue weighted by molar-refractivity contribution is 6.30. The van der Waals surface area contributed by atoms with Crippen molar-refractivity contribution in [3.8, 4) is 23.1 Å². The number of carbonyl (C=O) groups excluding carboxylic acids is 1. The highest BCUT2D eigenvalue weighted by atomic mass is 35.5. The van der Waals surface area contributed by atoms with Gasteiger partial charge in [0, 0.05) is 28.9 Å². The number of nitrogens with two attached hydrogens (primary N) is 1. The van der Waals surface area contributed by atoms with Gasteiger partial charge in [0.05, 0.1) is 19.4 Å². The van der Waals surface area contributed by atoms with Crippen molar-refractivity contribution >= 4 is 29.0 Å². The number of nitrogen functional groups attached to an aromatic ring is 1. The Bertz CT molecular complexity index is 1400. The third kappa shape index (κ3) is 4.47. The number of methoxy groups -OCH3 is 1. The lowest BCUT2D eigenvalue weighted by molar-refractivity contribution is 0.0939. The Morgan fingerprint density at radius 2 is 2.09 bits per heavy atom. The number of aromatic nitrogens is 4. The fraction of sp³-hybridized carbons (Fsp3) is 0.174. The Balaban J connectivity index is 1.57. The second-order valence-electron chi connectivity index (χ2n) is 7.37. The SMILES string of the molecule is COc1ncc(-c2cc3nncc(N)n3c2C#N)cc1C(=O)NCC[C@H](O)c1ccc(Cl)cc1. The Morgan fingerprint density at radius 3 is 2.79 bits per heavy atom. The van der Waals surface area contributed by atoms with E-state index < -0.39 is 12.0 Å². The quantitative estimate of drug-likeness (QED) is 0.367. The van der Waals surface area contributed by atoms with E-state index in [0.29, 0.717) is 33.8 Å². The molecule has 0 aliphatic heterocycles. The number of fused-ring (bicyclic) bond motifs is 1. The molecule has 0 radical (unpaired) electrons. The van der Waals surface area contributed by atoms with E-state index in [1.165, 1.54) is 23.9 Å². The number of aliphatic hydroxyl groups is 1. The van der Waals surface area contributed by atoms with Gasteiger partial charge in [-0.05, 0) is 36.2 Å². The van der Waals surface area contributed by atoms with Crippen LogP contribution in [0, 0.1) is 11.3 Å². The molecule has 0 aliphatic carbocycles. The number of halogens is 1. The number of nitriles is 1. The van der Waals surface area contributed by atoms with Crippen LogP contribution in [0.2, 0.25) is 5.02 Å². The molecule has 172 valence electrons. The zero-order valence-electron chi connectivity index (χ0n) is 18.1. The number of nitrogens with one attached hydrogen (secondary N) is 1. The summed E-state index contributed by atoms with van der Waals surface area (Å²) >= 11 is 5.88. The summed E-state index contributed by atoms with van der Waals surface area (Å²) < 4.78 is 6.73. The van der Waals surface area contributed by atoms with Crippen LogP contribution in [0.3, 0.4) is 0 Å². The summed E-state index contributed by atoms with van der Waals surface area (Å²) in [7, 11) is 1.41. The van der Waals surface area contributed by atoms with Gasteiger partial charge in [0.1, 0.15) is 23.1 Å².